The molecule has 6 nitrogen and oxygen atoms in total. The predicted octanol–water partition coefficient (Wildman–Crippen LogP) is 2.19. The van der Waals surface area contributed by atoms with E-state index in [1.807, 2.05) is 11.8 Å². The molecule has 1 N–H and O–H groups in total. The van der Waals surface area contributed by atoms with Crippen molar-refractivity contribution in [3.63, 3.8) is 0 Å². The van der Waals surface area contributed by atoms with Crippen molar-refractivity contribution >= 4 is 23.3 Å². The molecule has 2 rings (SSSR count). The molecule has 100 valence electrons. The molecule has 0 bridgehead atoms. The van der Waals surface area contributed by atoms with Crippen LogP contribution in [0.5, 0.6) is 0 Å². The number of thioether (sulfide) groups is 1. The highest BCUT2D eigenvalue weighted by Crippen LogP contribution is 2.29. The normalized spacial score (nSPS) is 16.8. The highest BCUT2D eigenvalue weighted by molar-refractivity contribution is 7.99. The van der Waals surface area contributed by atoms with Gasteiger partial charge < -0.3 is 5.32 Å². The largest absolute Gasteiger partial charge is 0.364 e. The molecule has 1 fully saturated rings. The van der Waals surface area contributed by atoms with E-state index in [1.165, 1.54) is 24.3 Å². The van der Waals surface area contributed by atoms with Crippen molar-refractivity contribution < 1.29 is 4.92 Å². The van der Waals surface area contributed by atoms with Crippen LogP contribution in [0.2, 0.25) is 0 Å². The summed E-state index contributed by atoms with van der Waals surface area (Å²) in [5.41, 5.74) is 0.562. The van der Waals surface area contributed by atoms with Crippen molar-refractivity contribution in [3.8, 4) is 0 Å². The molecule has 1 aromatic heterocycles. The lowest BCUT2D eigenvalue weighted by Gasteiger charge is -2.21. The Kier molecular flexibility index (Phi) is 4.11. The maximum atomic E-state index is 11.0. The van der Waals surface area contributed by atoms with Crippen LogP contribution in [0, 0.1) is 23.0 Å². The van der Waals surface area contributed by atoms with Crippen LogP contribution in [-0.2, 0) is 7.05 Å². The summed E-state index contributed by atoms with van der Waals surface area (Å²) in [5.74, 6) is 3.52. The summed E-state index contributed by atoms with van der Waals surface area (Å²) in [6.45, 7) is 2.46. The van der Waals surface area contributed by atoms with Crippen LogP contribution in [0.1, 0.15) is 18.5 Å². The minimum Gasteiger partial charge on any atom is -0.364 e. The lowest BCUT2D eigenvalue weighted by molar-refractivity contribution is -0.384. The van der Waals surface area contributed by atoms with E-state index in [-0.39, 0.29) is 10.6 Å². The van der Waals surface area contributed by atoms with E-state index in [1.54, 1.807) is 18.7 Å². The van der Waals surface area contributed by atoms with Crippen LogP contribution in [0.3, 0.4) is 0 Å². The van der Waals surface area contributed by atoms with Crippen LogP contribution in [0.25, 0.3) is 0 Å². The second-order valence-electron chi connectivity index (χ2n) is 4.60. The Morgan fingerprint density at radius 1 is 1.56 bits per heavy atom. The first-order valence-electron chi connectivity index (χ1n) is 6.09. The Morgan fingerprint density at radius 3 is 2.83 bits per heavy atom. The van der Waals surface area contributed by atoms with E-state index in [4.69, 9.17) is 0 Å². The molecule has 0 amide bonds. The summed E-state index contributed by atoms with van der Waals surface area (Å²) in [5, 5.41) is 18.3. The number of hydrogen-bond donors (Lipinski definition) is 1. The molecule has 0 saturated carbocycles. The summed E-state index contributed by atoms with van der Waals surface area (Å²) in [7, 11) is 1.74. The van der Waals surface area contributed by atoms with Gasteiger partial charge in [0.1, 0.15) is 5.69 Å². The molecular formula is C11H18N4O2S. The molecule has 7 heteroatoms. The molecule has 1 aliphatic rings. The van der Waals surface area contributed by atoms with E-state index in [0.717, 1.165) is 6.54 Å². The molecular weight excluding hydrogens is 252 g/mol. The average Bonchev–Trinajstić information content (AvgIpc) is 2.62. The lowest BCUT2D eigenvalue weighted by Crippen LogP contribution is -2.20. The van der Waals surface area contributed by atoms with E-state index in [2.05, 4.69) is 10.4 Å². The van der Waals surface area contributed by atoms with Gasteiger partial charge in [0.05, 0.1) is 4.92 Å². The maximum Gasteiger partial charge on any atom is 0.333 e. The standard InChI is InChI=1S/C11H18N4O2S/c1-8-10(15(16)17)11(14(2)13-8)12-7-9-3-5-18-6-4-9/h9,12H,3-7H2,1-2H3. The van der Waals surface area contributed by atoms with Crippen LogP contribution in [-0.4, -0.2) is 32.8 Å². The third-order valence-corrected chi connectivity index (χ3v) is 4.32. The fourth-order valence-corrected chi connectivity index (χ4v) is 3.46. The summed E-state index contributed by atoms with van der Waals surface area (Å²) in [4.78, 5) is 10.7. The molecule has 0 atom stereocenters. The fourth-order valence-electron chi connectivity index (χ4n) is 2.26. The zero-order chi connectivity index (χ0) is 13.1. The monoisotopic (exact) mass is 270 g/mol. The van der Waals surface area contributed by atoms with Gasteiger partial charge in [0, 0.05) is 13.6 Å². The van der Waals surface area contributed by atoms with Gasteiger partial charge >= 0.3 is 5.69 Å². The average molecular weight is 270 g/mol. The first-order chi connectivity index (χ1) is 8.59. The van der Waals surface area contributed by atoms with Crippen molar-refractivity contribution in [2.24, 2.45) is 13.0 Å². The molecule has 0 aliphatic carbocycles. The molecule has 1 saturated heterocycles. The smallest absolute Gasteiger partial charge is 0.333 e. The fraction of sp³-hybridized carbons (Fsp3) is 0.727. The highest BCUT2D eigenvalue weighted by Gasteiger charge is 2.24. The Bertz CT molecular complexity index is 440. The summed E-state index contributed by atoms with van der Waals surface area (Å²) in [6, 6.07) is 0. The van der Waals surface area contributed by atoms with Gasteiger partial charge in [0.2, 0.25) is 5.82 Å². The molecule has 1 aliphatic heterocycles. The van der Waals surface area contributed by atoms with Crippen LogP contribution < -0.4 is 5.32 Å². The third kappa shape index (κ3) is 2.77. The van der Waals surface area contributed by atoms with E-state index in [0.29, 0.717) is 17.4 Å². The number of aryl methyl sites for hydroxylation is 2. The Labute approximate surface area is 110 Å². The van der Waals surface area contributed by atoms with Crippen molar-refractivity contribution in [1.29, 1.82) is 0 Å². The number of nitrogens with zero attached hydrogens (tertiary/aromatic N) is 3. The van der Waals surface area contributed by atoms with Gasteiger partial charge in [-0.05, 0) is 37.2 Å². The molecule has 1 aromatic rings. The van der Waals surface area contributed by atoms with Gasteiger partial charge in [-0.1, -0.05) is 0 Å². The van der Waals surface area contributed by atoms with Gasteiger partial charge in [-0.2, -0.15) is 16.9 Å². The molecule has 0 aromatic carbocycles. The van der Waals surface area contributed by atoms with Crippen LogP contribution in [0.4, 0.5) is 11.5 Å². The number of aromatic nitrogens is 2. The minimum absolute atomic E-state index is 0.0997. The molecule has 0 spiro atoms. The Morgan fingerprint density at radius 2 is 2.22 bits per heavy atom. The first kappa shape index (κ1) is 13.2. The Balaban J connectivity index is 2.06. The first-order valence-corrected chi connectivity index (χ1v) is 7.24. The van der Waals surface area contributed by atoms with E-state index in [9.17, 15) is 10.1 Å². The second-order valence-corrected chi connectivity index (χ2v) is 5.82. The second kappa shape index (κ2) is 5.60. The van der Waals surface area contributed by atoms with Crippen molar-refractivity contribution in [2.75, 3.05) is 23.4 Å². The number of hydrogen-bond acceptors (Lipinski definition) is 5. The number of nitrogens with one attached hydrogen (secondary N) is 1. The van der Waals surface area contributed by atoms with E-state index < -0.39 is 0 Å². The van der Waals surface area contributed by atoms with Crippen molar-refractivity contribution in [3.05, 3.63) is 15.8 Å². The topological polar surface area (TPSA) is 73.0 Å². The van der Waals surface area contributed by atoms with E-state index >= 15 is 0 Å². The molecule has 2 heterocycles. The summed E-state index contributed by atoms with van der Waals surface area (Å²) < 4.78 is 1.56. The Hall–Kier alpha value is -1.24. The van der Waals surface area contributed by atoms with Gasteiger partial charge in [-0.25, -0.2) is 4.68 Å². The lowest BCUT2D eigenvalue weighted by atomic mass is 10.0. The molecule has 0 radical (unpaired) electrons. The number of rotatable bonds is 4. The third-order valence-electron chi connectivity index (χ3n) is 3.27. The number of nitro groups is 1. The summed E-state index contributed by atoms with van der Waals surface area (Å²) >= 11 is 1.98. The van der Waals surface area contributed by atoms with Crippen molar-refractivity contribution in [2.45, 2.75) is 19.8 Å². The SMILES string of the molecule is Cc1nn(C)c(NCC2CCSCC2)c1[N+](=O)[O-]. The van der Waals surface area contributed by atoms with Gasteiger partial charge in [0.25, 0.3) is 0 Å². The number of anilines is 1. The predicted molar refractivity (Wildman–Crippen MR) is 73.1 cm³/mol. The van der Waals surface area contributed by atoms with Gasteiger partial charge in [-0.15, -0.1) is 0 Å². The highest BCUT2D eigenvalue weighted by atomic mass is 32.2. The molecule has 0 unspecified atom stereocenters. The zero-order valence-corrected chi connectivity index (χ0v) is 11.5. The van der Waals surface area contributed by atoms with Gasteiger partial charge in [0.15, 0.2) is 0 Å². The van der Waals surface area contributed by atoms with Crippen LogP contribution in [0.15, 0.2) is 0 Å². The zero-order valence-electron chi connectivity index (χ0n) is 10.7. The van der Waals surface area contributed by atoms with Crippen LogP contribution >= 0.6 is 11.8 Å². The quantitative estimate of drug-likeness (QED) is 0.670. The molecule has 18 heavy (non-hydrogen) atoms. The maximum absolute atomic E-state index is 11.0. The minimum atomic E-state index is -0.360. The van der Waals surface area contributed by atoms with Gasteiger partial charge in [-0.3, -0.25) is 10.1 Å². The van der Waals surface area contributed by atoms with Crippen molar-refractivity contribution in [1.82, 2.24) is 9.78 Å². The summed E-state index contributed by atoms with van der Waals surface area (Å²) in [6.07, 6.45) is 2.37.